The molecule has 4 rings (SSSR count). The van der Waals surface area contributed by atoms with E-state index in [9.17, 15) is 14.0 Å². The first-order chi connectivity index (χ1) is 16.3. The van der Waals surface area contributed by atoms with Crippen molar-refractivity contribution in [2.24, 2.45) is 0 Å². The molecule has 0 aromatic heterocycles. The van der Waals surface area contributed by atoms with Crippen LogP contribution in [0.5, 0.6) is 0 Å². The Morgan fingerprint density at radius 3 is 2.32 bits per heavy atom. The standard InChI is InChI=1S/C27H27FN4O2/c1-18(33)32(16-15-31(2)3)22-12-10-21(11-13-22)29-26(19-7-5-4-6-8-19)25-23-14-9-20(28)17-24(23)30-27(25)34/h4-14,17,29H,15-16H2,1-3H3,(H,30,34). The third-order valence-corrected chi connectivity index (χ3v) is 5.64. The molecule has 0 saturated heterocycles. The second-order valence-electron chi connectivity index (χ2n) is 8.41. The van der Waals surface area contributed by atoms with Gasteiger partial charge in [-0.05, 0) is 62.1 Å². The van der Waals surface area contributed by atoms with Crippen LogP contribution in [-0.4, -0.2) is 43.9 Å². The largest absolute Gasteiger partial charge is 0.354 e. The number of rotatable bonds is 7. The molecule has 3 aromatic carbocycles. The lowest BCUT2D eigenvalue weighted by atomic mass is 10.00. The molecule has 0 saturated carbocycles. The van der Waals surface area contributed by atoms with Crippen LogP contribution in [-0.2, 0) is 9.59 Å². The summed E-state index contributed by atoms with van der Waals surface area (Å²) in [4.78, 5) is 28.8. The van der Waals surface area contributed by atoms with Gasteiger partial charge < -0.3 is 20.4 Å². The van der Waals surface area contributed by atoms with E-state index in [0.717, 1.165) is 23.5 Å². The van der Waals surface area contributed by atoms with Crippen LogP contribution < -0.4 is 15.5 Å². The molecular formula is C27H27FN4O2. The predicted octanol–water partition coefficient (Wildman–Crippen LogP) is 4.67. The molecule has 174 valence electrons. The highest BCUT2D eigenvalue weighted by Gasteiger charge is 2.28. The van der Waals surface area contributed by atoms with Crippen molar-refractivity contribution in [1.29, 1.82) is 0 Å². The first kappa shape index (κ1) is 23.2. The van der Waals surface area contributed by atoms with Gasteiger partial charge in [-0.15, -0.1) is 0 Å². The van der Waals surface area contributed by atoms with Gasteiger partial charge in [0.15, 0.2) is 0 Å². The van der Waals surface area contributed by atoms with Crippen molar-refractivity contribution >= 4 is 40.1 Å². The number of nitrogens with one attached hydrogen (secondary N) is 2. The summed E-state index contributed by atoms with van der Waals surface area (Å²) in [7, 11) is 3.94. The van der Waals surface area contributed by atoms with Gasteiger partial charge in [-0.25, -0.2) is 4.39 Å². The molecule has 6 nitrogen and oxygen atoms in total. The fourth-order valence-corrected chi connectivity index (χ4v) is 3.91. The van der Waals surface area contributed by atoms with Gasteiger partial charge >= 0.3 is 0 Å². The fraction of sp³-hybridized carbons (Fsp3) is 0.185. The maximum atomic E-state index is 13.7. The second kappa shape index (κ2) is 9.89. The molecule has 0 aliphatic carbocycles. The molecular weight excluding hydrogens is 431 g/mol. The zero-order valence-electron chi connectivity index (χ0n) is 19.4. The highest BCUT2D eigenvalue weighted by molar-refractivity contribution is 6.37. The lowest BCUT2D eigenvalue weighted by Crippen LogP contribution is -2.35. The van der Waals surface area contributed by atoms with E-state index < -0.39 is 5.82 Å². The topological polar surface area (TPSA) is 64.7 Å². The average Bonchev–Trinajstić information content (AvgIpc) is 3.13. The van der Waals surface area contributed by atoms with Gasteiger partial charge in [0.05, 0.1) is 17.0 Å². The summed E-state index contributed by atoms with van der Waals surface area (Å²) in [6, 6.07) is 21.3. The summed E-state index contributed by atoms with van der Waals surface area (Å²) in [5, 5.41) is 6.14. The average molecular weight is 459 g/mol. The van der Waals surface area contributed by atoms with E-state index in [-0.39, 0.29) is 11.8 Å². The Morgan fingerprint density at radius 1 is 0.971 bits per heavy atom. The molecule has 34 heavy (non-hydrogen) atoms. The Kier molecular flexibility index (Phi) is 6.75. The molecule has 0 atom stereocenters. The number of hydrogen-bond acceptors (Lipinski definition) is 4. The van der Waals surface area contributed by atoms with Crippen LogP contribution >= 0.6 is 0 Å². The quantitative estimate of drug-likeness (QED) is 0.505. The van der Waals surface area contributed by atoms with Crippen molar-refractivity contribution in [1.82, 2.24) is 4.90 Å². The number of benzene rings is 3. The minimum absolute atomic E-state index is 0.0267. The molecule has 1 aliphatic heterocycles. The summed E-state index contributed by atoms with van der Waals surface area (Å²) in [5.41, 5.74) is 4.53. The highest BCUT2D eigenvalue weighted by atomic mass is 19.1. The van der Waals surface area contributed by atoms with Crippen LogP contribution in [0.4, 0.5) is 21.5 Å². The number of hydrogen-bond donors (Lipinski definition) is 2. The number of carbonyl (C=O) groups excluding carboxylic acids is 2. The van der Waals surface area contributed by atoms with Gasteiger partial charge in [0.1, 0.15) is 5.82 Å². The number of nitrogens with zero attached hydrogens (tertiary/aromatic N) is 2. The number of fused-ring (bicyclic) bond motifs is 1. The SMILES string of the molecule is CC(=O)N(CCN(C)C)c1ccc(NC(=C2C(=O)Nc3cc(F)ccc32)c2ccccc2)cc1. The second-order valence-corrected chi connectivity index (χ2v) is 8.41. The molecule has 2 N–H and O–H groups in total. The minimum atomic E-state index is -0.408. The maximum Gasteiger partial charge on any atom is 0.258 e. The predicted molar refractivity (Wildman–Crippen MR) is 135 cm³/mol. The van der Waals surface area contributed by atoms with Crippen LogP contribution in [0.1, 0.15) is 18.1 Å². The van der Waals surface area contributed by atoms with Crippen LogP contribution in [0, 0.1) is 5.82 Å². The van der Waals surface area contributed by atoms with Crippen LogP contribution in [0.2, 0.25) is 0 Å². The summed E-state index contributed by atoms with van der Waals surface area (Å²) in [6.45, 7) is 2.89. The summed E-state index contributed by atoms with van der Waals surface area (Å²) in [5.74, 6) is -0.731. The smallest absolute Gasteiger partial charge is 0.258 e. The molecule has 0 fully saturated rings. The fourth-order valence-electron chi connectivity index (χ4n) is 3.91. The third kappa shape index (κ3) is 5.00. The van der Waals surface area contributed by atoms with Crippen molar-refractivity contribution in [2.45, 2.75) is 6.92 Å². The van der Waals surface area contributed by atoms with E-state index in [4.69, 9.17) is 0 Å². The molecule has 0 bridgehead atoms. The van der Waals surface area contributed by atoms with Gasteiger partial charge in [0, 0.05) is 37.0 Å². The summed E-state index contributed by atoms with van der Waals surface area (Å²) in [6.07, 6.45) is 0. The summed E-state index contributed by atoms with van der Waals surface area (Å²) >= 11 is 0. The number of anilines is 3. The Labute approximate surface area is 198 Å². The van der Waals surface area contributed by atoms with Crippen molar-refractivity contribution in [3.05, 3.63) is 89.7 Å². The normalized spacial score (nSPS) is 14.0. The molecule has 0 unspecified atom stereocenters. The minimum Gasteiger partial charge on any atom is -0.354 e. The van der Waals surface area contributed by atoms with E-state index in [1.54, 1.807) is 17.9 Å². The zero-order chi connectivity index (χ0) is 24.2. The molecule has 1 heterocycles. The van der Waals surface area contributed by atoms with E-state index in [0.29, 0.717) is 29.1 Å². The Bertz CT molecular complexity index is 1240. The summed E-state index contributed by atoms with van der Waals surface area (Å²) < 4.78 is 13.7. The molecule has 3 aromatic rings. The molecule has 0 radical (unpaired) electrons. The van der Waals surface area contributed by atoms with Crippen LogP contribution in [0.15, 0.2) is 72.8 Å². The van der Waals surface area contributed by atoms with Crippen molar-refractivity contribution in [3.63, 3.8) is 0 Å². The van der Waals surface area contributed by atoms with Crippen molar-refractivity contribution in [3.8, 4) is 0 Å². The van der Waals surface area contributed by atoms with Crippen LogP contribution in [0.25, 0.3) is 11.3 Å². The Hall–Kier alpha value is -3.97. The molecule has 7 heteroatoms. The molecule has 2 amide bonds. The van der Waals surface area contributed by atoms with Gasteiger partial charge in [0.25, 0.3) is 5.91 Å². The number of amides is 2. The van der Waals surface area contributed by atoms with Gasteiger partial charge in [-0.2, -0.15) is 0 Å². The van der Waals surface area contributed by atoms with Crippen LogP contribution in [0.3, 0.4) is 0 Å². The first-order valence-corrected chi connectivity index (χ1v) is 11.0. The Morgan fingerprint density at radius 2 is 1.68 bits per heavy atom. The Balaban J connectivity index is 1.70. The lowest BCUT2D eigenvalue weighted by molar-refractivity contribution is -0.116. The van der Waals surface area contributed by atoms with E-state index >= 15 is 0 Å². The monoisotopic (exact) mass is 458 g/mol. The van der Waals surface area contributed by atoms with Crippen molar-refractivity contribution in [2.75, 3.05) is 42.7 Å². The first-order valence-electron chi connectivity index (χ1n) is 11.0. The molecule has 1 aliphatic rings. The highest BCUT2D eigenvalue weighted by Crippen LogP contribution is 2.38. The van der Waals surface area contributed by atoms with E-state index in [1.165, 1.54) is 12.1 Å². The van der Waals surface area contributed by atoms with Gasteiger partial charge in [0.2, 0.25) is 5.91 Å². The number of halogens is 1. The van der Waals surface area contributed by atoms with E-state index in [2.05, 4.69) is 10.6 Å². The van der Waals surface area contributed by atoms with Gasteiger partial charge in [-0.1, -0.05) is 30.3 Å². The van der Waals surface area contributed by atoms with E-state index in [1.807, 2.05) is 73.6 Å². The zero-order valence-corrected chi connectivity index (χ0v) is 19.4. The van der Waals surface area contributed by atoms with Gasteiger partial charge in [-0.3, -0.25) is 9.59 Å². The number of likely N-dealkylation sites (N-methyl/N-ethyl adjacent to an activating group) is 1. The van der Waals surface area contributed by atoms with Crippen molar-refractivity contribution < 1.29 is 14.0 Å². The third-order valence-electron chi connectivity index (χ3n) is 5.64. The lowest BCUT2D eigenvalue weighted by Gasteiger charge is -2.23. The maximum absolute atomic E-state index is 13.7. The molecule has 0 spiro atoms. The number of carbonyl (C=O) groups is 2.